The third-order valence-electron chi connectivity index (χ3n) is 1.33. The second-order valence-electron chi connectivity index (χ2n) is 2.18. The molecule has 0 fully saturated rings. The minimum Gasteiger partial charge on any atom is -0.308 e. The first kappa shape index (κ1) is 8.23. The zero-order valence-corrected chi connectivity index (χ0v) is 7.11. The van der Waals surface area contributed by atoms with E-state index >= 15 is 0 Å². The number of nitrogens with zero attached hydrogens (tertiary/aromatic N) is 2. The van der Waals surface area contributed by atoms with E-state index in [0.29, 0.717) is 16.8 Å². The van der Waals surface area contributed by atoms with E-state index in [9.17, 15) is 0 Å². The van der Waals surface area contributed by atoms with Crippen molar-refractivity contribution in [3.8, 4) is 0 Å². The summed E-state index contributed by atoms with van der Waals surface area (Å²) in [7, 11) is 0. The zero-order chi connectivity index (χ0) is 8.43. The summed E-state index contributed by atoms with van der Waals surface area (Å²) in [4.78, 5) is 7.96. The number of aryl methyl sites for hydroxylation is 1. The number of nitrogen functional groups attached to an aromatic ring is 1. The van der Waals surface area contributed by atoms with Gasteiger partial charge in [0.15, 0.2) is 0 Å². The normalized spacial score (nSPS) is 9.82. The first-order valence-corrected chi connectivity index (χ1v) is 3.50. The fourth-order valence-corrected chi connectivity index (χ4v) is 0.947. The third kappa shape index (κ3) is 1.58. The number of nitrogens with one attached hydrogen (secondary N) is 1. The number of hydrogen-bond acceptors (Lipinski definition) is 4. The average Bonchev–Trinajstić information content (AvgIpc) is 1.96. The van der Waals surface area contributed by atoms with Gasteiger partial charge in [-0.25, -0.2) is 15.8 Å². The van der Waals surface area contributed by atoms with Crippen molar-refractivity contribution in [2.45, 2.75) is 13.8 Å². The van der Waals surface area contributed by atoms with E-state index in [1.165, 1.54) is 0 Å². The molecule has 5 heteroatoms. The molecule has 0 atom stereocenters. The highest BCUT2D eigenvalue weighted by atomic mass is 35.5. The highest BCUT2D eigenvalue weighted by molar-refractivity contribution is 6.30. The molecule has 0 aliphatic rings. The molecule has 0 unspecified atom stereocenters. The van der Waals surface area contributed by atoms with Crippen LogP contribution in [0, 0.1) is 13.8 Å². The van der Waals surface area contributed by atoms with Crippen LogP contribution in [-0.2, 0) is 0 Å². The monoisotopic (exact) mass is 172 g/mol. The minimum atomic E-state index is 0.436. The van der Waals surface area contributed by atoms with Gasteiger partial charge in [-0.15, -0.1) is 0 Å². The SMILES string of the molecule is Cc1nc(Cl)c(C)c(NN)n1. The lowest BCUT2D eigenvalue weighted by atomic mass is 10.3. The van der Waals surface area contributed by atoms with Crippen LogP contribution in [0.25, 0.3) is 0 Å². The Hall–Kier alpha value is -0.870. The van der Waals surface area contributed by atoms with Crippen molar-refractivity contribution < 1.29 is 0 Å². The van der Waals surface area contributed by atoms with E-state index in [-0.39, 0.29) is 0 Å². The summed E-state index contributed by atoms with van der Waals surface area (Å²) in [6.07, 6.45) is 0. The molecule has 0 amide bonds. The molecular weight excluding hydrogens is 164 g/mol. The van der Waals surface area contributed by atoms with E-state index in [2.05, 4.69) is 15.4 Å². The van der Waals surface area contributed by atoms with Crippen LogP contribution in [-0.4, -0.2) is 9.97 Å². The van der Waals surface area contributed by atoms with Crippen molar-refractivity contribution in [2.24, 2.45) is 5.84 Å². The quantitative estimate of drug-likeness (QED) is 0.377. The predicted octanol–water partition coefficient (Wildman–Crippen LogP) is 1.03. The second kappa shape index (κ2) is 3.02. The Morgan fingerprint density at radius 1 is 1.36 bits per heavy atom. The maximum Gasteiger partial charge on any atom is 0.148 e. The van der Waals surface area contributed by atoms with Crippen LogP contribution in [0.4, 0.5) is 5.82 Å². The molecule has 0 bridgehead atoms. The molecule has 0 aliphatic heterocycles. The van der Waals surface area contributed by atoms with Gasteiger partial charge in [-0.3, -0.25) is 0 Å². The topological polar surface area (TPSA) is 63.8 Å². The fraction of sp³-hybridized carbons (Fsp3) is 0.333. The van der Waals surface area contributed by atoms with E-state index in [1.807, 2.05) is 0 Å². The Labute approximate surface area is 69.8 Å². The zero-order valence-electron chi connectivity index (χ0n) is 6.35. The smallest absolute Gasteiger partial charge is 0.148 e. The van der Waals surface area contributed by atoms with Gasteiger partial charge in [0.1, 0.15) is 16.8 Å². The van der Waals surface area contributed by atoms with E-state index in [4.69, 9.17) is 17.4 Å². The Balaban J connectivity index is 3.24. The van der Waals surface area contributed by atoms with Crippen LogP contribution in [0.15, 0.2) is 0 Å². The highest BCUT2D eigenvalue weighted by Gasteiger charge is 2.04. The fourth-order valence-electron chi connectivity index (χ4n) is 0.735. The number of nitrogens with two attached hydrogens (primary N) is 1. The summed E-state index contributed by atoms with van der Waals surface area (Å²) in [6.45, 7) is 3.56. The van der Waals surface area contributed by atoms with Crippen LogP contribution >= 0.6 is 11.6 Å². The van der Waals surface area contributed by atoms with E-state index in [1.54, 1.807) is 13.8 Å². The Kier molecular flexibility index (Phi) is 2.26. The van der Waals surface area contributed by atoms with Crippen molar-refractivity contribution in [3.05, 3.63) is 16.5 Å². The van der Waals surface area contributed by atoms with Crippen molar-refractivity contribution in [1.29, 1.82) is 0 Å². The maximum atomic E-state index is 5.75. The van der Waals surface area contributed by atoms with Crippen LogP contribution in [0.2, 0.25) is 5.15 Å². The molecule has 1 heterocycles. The van der Waals surface area contributed by atoms with E-state index < -0.39 is 0 Å². The van der Waals surface area contributed by atoms with Crippen molar-refractivity contribution in [3.63, 3.8) is 0 Å². The Morgan fingerprint density at radius 3 is 2.55 bits per heavy atom. The Morgan fingerprint density at radius 2 is 2.00 bits per heavy atom. The number of aromatic nitrogens is 2. The molecule has 4 nitrogen and oxygen atoms in total. The van der Waals surface area contributed by atoms with Gasteiger partial charge in [-0.2, -0.15) is 0 Å². The molecule has 60 valence electrons. The van der Waals surface area contributed by atoms with Gasteiger partial charge in [-0.1, -0.05) is 11.6 Å². The molecule has 0 saturated carbocycles. The lowest BCUT2D eigenvalue weighted by Crippen LogP contribution is -2.11. The molecule has 0 radical (unpaired) electrons. The molecule has 11 heavy (non-hydrogen) atoms. The van der Waals surface area contributed by atoms with Gasteiger partial charge in [0.05, 0.1) is 0 Å². The summed E-state index contributed by atoms with van der Waals surface area (Å²) >= 11 is 5.75. The van der Waals surface area contributed by atoms with Gasteiger partial charge in [0, 0.05) is 5.56 Å². The summed E-state index contributed by atoms with van der Waals surface area (Å²) < 4.78 is 0. The van der Waals surface area contributed by atoms with Crippen LogP contribution in [0.1, 0.15) is 11.4 Å². The molecule has 1 aromatic rings. The average molecular weight is 173 g/mol. The number of anilines is 1. The number of halogens is 1. The first-order valence-electron chi connectivity index (χ1n) is 3.12. The van der Waals surface area contributed by atoms with Crippen molar-refractivity contribution >= 4 is 17.4 Å². The van der Waals surface area contributed by atoms with Gasteiger partial charge in [-0.05, 0) is 13.8 Å². The molecule has 1 aromatic heterocycles. The van der Waals surface area contributed by atoms with Gasteiger partial charge in [0.25, 0.3) is 0 Å². The number of hydrogen-bond donors (Lipinski definition) is 2. The molecule has 1 rings (SSSR count). The van der Waals surface area contributed by atoms with Gasteiger partial charge in [0.2, 0.25) is 0 Å². The number of rotatable bonds is 1. The third-order valence-corrected chi connectivity index (χ3v) is 1.70. The van der Waals surface area contributed by atoms with Crippen LogP contribution < -0.4 is 11.3 Å². The lowest BCUT2D eigenvalue weighted by Gasteiger charge is -2.04. The summed E-state index contributed by atoms with van der Waals surface area (Å²) in [5, 5.41) is 0.436. The Bertz CT molecular complexity index is 274. The largest absolute Gasteiger partial charge is 0.308 e. The van der Waals surface area contributed by atoms with Crippen molar-refractivity contribution in [1.82, 2.24) is 9.97 Å². The predicted molar refractivity (Wildman–Crippen MR) is 44.3 cm³/mol. The van der Waals surface area contributed by atoms with Crippen LogP contribution in [0.5, 0.6) is 0 Å². The summed E-state index contributed by atoms with van der Waals surface area (Å²) in [6, 6.07) is 0. The maximum absolute atomic E-state index is 5.75. The van der Waals surface area contributed by atoms with Gasteiger partial charge >= 0.3 is 0 Å². The molecule has 0 saturated heterocycles. The summed E-state index contributed by atoms with van der Waals surface area (Å²) in [5.41, 5.74) is 3.21. The molecular formula is C6H9ClN4. The molecule has 0 aromatic carbocycles. The first-order chi connectivity index (χ1) is 5.15. The highest BCUT2D eigenvalue weighted by Crippen LogP contribution is 2.17. The standard InChI is InChI=1S/C6H9ClN4/c1-3-5(7)9-4(2)10-6(3)11-8/h8H2,1-2H3,(H,9,10,11). The second-order valence-corrected chi connectivity index (χ2v) is 2.54. The number of hydrazine groups is 1. The molecule has 3 N–H and O–H groups in total. The van der Waals surface area contributed by atoms with Crippen LogP contribution in [0.3, 0.4) is 0 Å². The van der Waals surface area contributed by atoms with Crippen molar-refractivity contribution in [2.75, 3.05) is 5.43 Å². The summed E-state index contributed by atoms with van der Waals surface area (Å²) in [5.74, 6) is 6.37. The lowest BCUT2D eigenvalue weighted by molar-refractivity contribution is 1.02. The molecule has 0 spiro atoms. The van der Waals surface area contributed by atoms with Gasteiger partial charge < -0.3 is 5.43 Å². The minimum absolute atomic E-state index is 0.436. The van der Waals surface area contributed by atoms with E-state index in [0.717, 1.165) is 5.56 Å². The molecule has 0 aliphatic carbocycles.